The molecule has 3 aliphatic rings. The number of aliphatic hydroxyl groups excluding tert-OH is 2. The van der Waals surface area contributed by atoms with E-state index in [2.05, 4.69) is 51.2 Å². The molecule has 0 amide bonds. The van der Waals surface area contributed by atoms with Gasteiger partial charge in [-0.3, -0.25) is 0 Å². The molecular formula is C28H44O3. The van der Waals surface area contributed by atoms with Crippen LogP contribution in [0.5, 0.6) is 0 Å². The van der Waals surface area contributed by atoms with Crippen molar-refractivity contribution in [1.29, 1.82) is 0 Å². The highest BCUT2D eigenvalue weighted by Gasteiger charge is 2.49. The molecule has 0 aromatic rings. The molecule has 0 saturated heterocycles. The molecule has 3 N–H and O–H groups in total. The van der Waals surface area contributed by atoms with Crippen LogP contribution in [0.4, 0.5) is 0 Å². The lowest BCUT2D eigenvalue weighted by atomic mass is 9.62. The highest BCUT2D eigenvalue weighted by Crippen LogP contribution is 2.58. The fourth-order valence-corrected chi connectivity index (χ4v) is 6.17. The van der Waals surface area contributed by atoms with Gasteiger partial charge in [0.2, 0.25) is 0 Å². The van der Waals surface area contributed by atoms with Gasteiger partial charge in [-0.05, 0) is 92.8 Å². The van der Waals surface area contributed by atoms with Gasteiger partial charge < -0.3 is 15.3 Å². The third-order valence-corrected chi connectivity index (χ3v) is 8.76. The van der Waals surface area contributed by atoms with Crippen LogP contribution < -0.4 is 0 Å². The Bertz CT molecular complexity index is 766. The first kappa shape index (κ1) is 24.5. The molecule has 3 rings (SSSR count). The van der Waals surface area contributed by atoms with Gasteiger partial charge in [0.25, 0.3) is 0 Å². The molecule has 31 heavy (non-hydrogen) atoms. The summed E-state index contributed by atoms with van der Waals surface area (Å²) in [5.74, 6) is 1.86. The normalized spacial score (nSPS) is 36.7. The van der Waals surface area contributed by atoms with Gasteiger partial charge in [0.1, 0.15) is 0 Å². The molecule has 0 spiro atoms. The fourth-order valence-electron chi connectivity index (χ4n) is 6.17. The maximum atomic E-state index is 10.3. The molecule has 1 fully saturated rings. The van der Waals surface area contributed by atoms with Gasteiger partial charge in [-0.15, -0.1) is 0 Å². The summed E-state index contributed by atoms with van der Waals surface area (Å²) in [7, 11) is 0. The molecule has 0 bridgehead atoms. The molecule has 0 unspecified atom stereocenters. The van der Waals surface area contributed by atoms with Crippen molar-refractivity contribution in [1.82, 2.24) is 0 Å². The topological polar surface area (TPSA) is 60.7 Å². The van der Waals surface area contributed by atoms with Gasteiger partial charge in [0.05, 0.1) is 17.8 Å². The van der Waals surface area contributed by atoms with Crippen molar-refractivity contribution >= 4 is 0 Å². The molecule has 0 radical (unpaired) electrons. The van der Waals surface area contributed by atoms with E-state index in [0.717, 1.165) is 17.6 Å². The lowest BCUT2D eigenvalue weighted by molar-refractivity contribution is 0.0436. The Morgan fingerprint density at radius 1 is 1.13 bits per heavy atom. The Hall–Kier alpha value is -1.16. The van der Waals surface area contributed by atoms with E-state index in [9.17, 15) is 15.3 Å². The second-order valence-electron chi connectivity index (χ2n) is 11.3. The van der Waals surface area contributed by atoms with Crippen LogP contribution in [0.3, 0.4) is 0 Å². The number of hydrogen-bond acceptors (Lipinski definition) is 3. The largest absolute Gasteiger partial charge is 0.393 e. The average molecular weight is 429 g/mol. The van der Waals surface area contributed by atoms with Gasteiger partial charge in [0, 0.05) is 12.3 Å². The third-order valence-electron chi connectivity index (χ3n) is 8.76. The molecule has 0 heterocycles. The monoisotopic (exact) mass is 428 g/mol. The standard InChI is InChI=1S/C28H44O3/c1-18(9-10-19(2)27(4,5)31)24-13-14-25-21(8-7-15-28(24,25)6)11-12-22-16-23(29)17-26(30)20(22)3/h8-12,18-19,23-26,29-31H,7,13-17H2,1-6H3/b10-9+,12-11+/t18-,19+,23-,24-,25-,26+,28-/m1/s1. The van der Waals surface area contributed by atoms with Crippen molar-refractivity contribution < 1.29 is 15.3 Å². The first-order chi connectivity index (χ1) is 14.4. The SMILES string of the molecule is CC1=C(/C=C/C2=CCC[C@@]3(C)[C@@H]2CC[C@@H]3[C@H](C)/C=C/[C@H](C)C(C)(C)O)C[C@@H](O)C[C@@H]1O. The van der Waals surface area contributed by atoms with Gasteiger partial charge in [-0.25, -0.2) is 0 Å². The molecule has 1 saturated carbocycles. The van der Waals surface area contributed by atoms with E-state index in [4.69, 9.17) is 0 Å². The summed E-state index contributed by atoms with van der Waals surface area (Å²) in [5.41, 5.74) is 3.14. The van der Waals surface area contributed by atoms with Gasteiger partial charge in [-0.2, -0.15) is 0 Å². The van der Waals surface area contributed by atoms with Crippen LogP contribution in [-0.2, 0) is 0 Å². The predicted octanol–water partition coefficient (Wildman–Crippen LogP) is 5.73. The molecule has 0 aliphatic heterocycles. The summed E-state index contributed by atoms with van der Waals surface area (Å²) >= 11 is 0. The summed E-state index contributed by atoms with van der Waals surface area (Å²) < 4.78 is 0. The minimum absolute atomic E-state index is 0.141. The highest BCUT2D eigenvalue weighted by molar-refractivity contribution is 5.37. The van der Waals surface area contributed by atoms with E-state index >= 15 is 0 Å². The van der Waals surface area contributed by atoms with Crippen LogP contribution >= 0.6 is 0 Å². The number of fused-ring (bicyclic) bond motifs is 1. The molecule has 0 aromatic carbocycles. The van der Waals surface area contributed by atoms with Crippen LogP contribution in [0.15, 0.2) is 47.1 Å². The Morgan fingerprint density at radius 3 is 2.52 bits per heavy atom. The molecule has 3 aliphatic carbocycles. The van der Waals surface area contributed by atoms with Crippen molar-refractivity contribution in [3.05, 3.63) is 47.1 Å². The van der Waals surface area contributed by atoms with Gasteiger partial charge >= 0.3 is 0 Å². The van der Waals surface area contributed by atoms with E-state index in [1.807, 2.05) is 20.8 Å². The van der Waals surface area contributed by atoms with E-state index in [0.29, 0.717) is 36.0 Å². The zero-order chi connectivity index (χ0) is 23.0. The summed E-state index contributed by atoms with van der Waals surface area (Å²) in [5, 5.41) is 30.5. The second kappa shape index (κ2) is 9.37. The first-order valence-electron chi connectivity index (χ1n) is 12.3. The van der Waals surface area contributed by atoms with E-state index in [1.165, 1.54) is 24.8 Å². The molecule has 0 aromatic heterocycles. The van der Waals surface area contributed by atoms with Crippen molar-refractivity contribution in [2.45, 2.75) is 97.9 Å². The molecule has 174 valence electrons. The fraction of sp³-hybridized carbons (Fsp3) is 0.714. The Labute approximate surface area is 189 Å². The Morgan fingerprint density at radius 2 is 1.84 bits per heavy atom. The minimum Gasteiger partial charge on any atom is -0.393 e. The summed E-state index contributed by atoms with van der Waals surface area (Å²) in [6, 6.07) is 0. The maximum absolute atomic E-state index is 10.3. The molecule has 3 nitrogen and oxygen atoms in total. The summed E-state index contributed by atoms with van der Waals surface area (Å²) in [6.45, 7) is 12.7. The molecule has 7 atom stereocenters. The van der Waals surface area contributed by atoms with E-state index < -0.39 is 17.8 Å². The molecular weight excluding hydrogens is 384 g/mol. The zero-order valence-electron chi connectivity index (χ0n) is 20.4. The van der Waals surface area contributed by atoms with Crippen molar-refractivity contribution in [3.63, 3.8) is 0 Å². The van der Waals surface area contributed by atoms with Crippen molar-refractivity contribution in [3.8, 4) is 0 Å². The van der Waals surface area contributed by atoms with Crippen LogP contribution in [0.2, 0.25) is 0 Å². The quantitative estimate of drug-likeness (QED) is 0.474. The predicted molar refractivity (Wildman–Crippen MR) is 128 cm³/mol. The van der Waals surface area contributed by atoms with Crippen LogP contribution in [0.1, 0.15) is 80.1 Å². The number of hydrogen-bond donors (Lipinski definition) is 3. The van der Waals surface area contributed by atoms with Crippen molar-refractivity contribution in [2.75, 3.05) is 0 Å². The number of allylic oxidation sites excluding steroid dienone is 5. The van der Waals surface area contributed by atoms with Crippen LogP contribution in [0.25, 0.3) is 0 Å². The average Bonchev–Trinajstić information content (AvgIpc) is 3.04. The minimum atomic E-state index is -0.684. The van der Waals surface area contributed by atoms with Gasteiger partial charge in [0.15, 0.2) is 0 Å². The maximum Gasteiger partial charge on any atom is 0.0777 e. The van der Waals surface area contributed by atoms with Gasteiger partial charge in [-0.1, -0.05) is 51.2 Å². The Balaban J connectivity index is 1.74. The lowest BCUT2D eigenvalue weighted by Crippen LogP contribution is -2.34. The molecule has 3 heteroatoms. The second-order valence-corrected chi connectivity index (χ2v) is 11.3. The third kappa shape index (κ3) is 5.26. The number of rotatable bonds is 6. The van der Waals surface area contributed by atoms with Crippen LogP contribution in [-0.4, -0.2) is 33.1 Å². The summed E-state index contributed by atoms with van der Waals surface area (Å²) in [6.07, 6.45) is 16.3. The first-order valence-corrected chi connectivity index (χ1v) is 12.3. The Kier molecular flexibility index (Phi) is 7.40. The lowest BCUT2D eigenvalue weighted by Gasteiger charge is -2.42. The van der Waals surface area contributed by atoms with E-state index in [1.54, 1.807) is 0 Å². The van der Waals surface area contributed by atoms with Crippen LogP contribution in [0, 0.1) is 29.1 Å². The summed E-state index contributed by atoms with van der Waals surface area (Å²) in [4.78, 5) is 0. The highest BCUT2D eigenvalue weighted by atomic mass is 16.3. The van der Waals surface area contributed by atoms with Crippen molar-refractivity contribution in [2.24, 2.45) is 29.1 Å². The smallest absolute Gasteiger partial charge is 0.0777 e. The zero-order valence-corrected chi connectivity index (χ0v) is 20.4. The van der Waals surface area contributed by atoms with E-state index in [-0.39, 0.29) is 5.92 Å². The number of aliphatic hydroxyl groups is 3.